The van der Waals surface area contributed by atoms with Crippen LogP contribution in [-0.2, 0) is 16.0 Å². The maximum atomic E-state index is 12.1. The van der Waals surface area contributed by atoms with Gasteiger partial charge in [0.15, 0.2) is 0 Å². The zero-order valence-corrected chi connectivity index (χ0v) is 14.6. The van der Waals surface area contributed by atoms with Gasteiger partial charge < -0.3 is 15.0 Å². The molecule has 132 valence electrons. The normalized spacial score (nSPS) is 15.2. The van der Waals surface area contributed by atoms with Crippen LogP contribution in [0.1, 0.15) is 18.9 Å². The molecule has 0 radical (unpaired) electrons. The van der Waals surface area contributed by atoms with Crippen molar-refractivity contribution < 1.29 is 14.3 Å². The first-order valence-electron chi connectivity index (χ1n) is 8.46. The molecule has 0 spiro atoms. The van der Waals surface area contributed by atoms with Gasteiger partial charge in [0.25, 0.3) is 0 Å². The lowest BCUT2D eigenvalue weighted by atomic mass is 10.1. The zero-order chi connectivity index (χ0) is 17.4. The molecule has 24 heavy (non-hydrogen) atoms. The maximum Gasteiger partial charge on any atom is 0.224 e. The molecule has 0 aromatic heterocycles. The number of amides is 2. The Balaban J connectivity index is 1.71. The summed E-state index contributed by atoms with van der Waals surface area (Å²) in [5.41, 5.74) is 1.22. The lowest BCUT2D eigenvalue weighted by molar-refractivity contribution is -0.132. The van der Waals surface area contributed by atoms with Crippen LogP contribution in [0.25, 0.3) is 0 Å². The van der Waals surface area contributed by atoms with Gasteiger partial charge in [-0.2, -0.15) is 0 Å². The number of methoxy groups -OCH3 is 1. The van der Waals surface area contributed by atoms with Crippen LogP contribution in [-0.4, -0.2) is 68.0 Å². The molecule has 2 amide bonds. The molecule has 6 heteroatoms. The smallest absolute Gasteiger partial charge is 0.224 e. The van der Waals surface area contributed by atoms with E-state index in [-0.39, 0.29) is 11.8 Å². The van der Waals surface area contributed by atoms with E-state index in [1.807, 2.05) is 23.1 Å². The minimum absolute atomic E-state index is 0.0936. The fourth-order valence-corrected chi connectivity index (χ4v) is 2.91. The standard InChI is InChI=1S/C18H27N3O3/c1-15(22)19-9-7-18(23)21-13-11-20(12-14-21)10-8-16-5-3-4-6-17(16)24-2/h3-6H,7-14H2,1-2H3,(H,19,22). The Morgan fingerprint density at radius 1 is 1.17 bits per heavy atom. The Labute approximate surface area is 143 Å². The first kappa shape index (κ1) is 18.3. The highest BCUT2D eigenvalue weighted by Gasteiger charge is 2.20. The summed E-state index contributed by atoms with van der Waals surface area (Å²) in [5, 5.41) is 2.66. The van der Waals surface area contributed by atoms with E-state index in [2.05, 4.69) is 16.3 Å². The van der Waals surface area contributed by atoms with Gasteiger partial charge in [-0.05, 0) is 18.1 Å². The third-order valence-corrected chi connectivity index (χ3v) is 4.33. The quantitative estimate of drug-likeness (QED) is 0.806. The SMILES string of the molecule is COc1ccccc1CCN1CCN(C(=O)CCNC(C)=O)CC1. The molecule has 1 fully saturated rings. The first-order valence-corrected chi connectivity index (χ1v) is 8.46. The van der Waals surface area contributed by atoms with Crippen LogP contribution in [0.5, 0.6) is 5.75 Å². The van der Waals surface area contributed by atoms with Crippen molar-refractivity contribution in [1.82, 2.24) is 15.1 Å². The van der Waals surface area contributed by atoms with E-state index in [0.29, 0.717) is 13.0 Å². The van der Waals surface area contributed by atoms with E-state index < -0.39 is 0 Å². The molecule has 1 aliphatic heterocycles. The van der Waals surface area contributed by atoms with Crippen molar-refractivity contribution in [2.75, 3.05) is 46.4 Å². The average Bonchev–Trinajstić information content (AvgIpc) is 2.60. The van der Waals surface area contributed by atoms with Crippen molar-refractivity contribution in [2.24, 2.45) is 0 Å². The van der Waals surface area contributed by atoms with Gasteiger partial charge in [-0.3, -0.25) is 14.5 Å². The predicted molar refractivity (Wildman–Crippen MR) is 93.0 cm³/mol. The molecule has 1 aromatic rings. The van der Waals surface area contributed by atoms with Crippen LogP contribution in [0.15, 0.2) is 24.3 Å². The summed E-state index contributed by atoms with van der Waals surface area (Å²) in [6.07, 6.45) is 1.32. The molecule has 1 saturated heterocycles. The molecule has 6 nitrogen and oxygen atoms in total. The van der Waals surface area contributed by atoms with Crippen molar-refractivity contribution in [3.8, 4) is 5.75 Å². The van der Waals surface area contributed by atoms with Crippen molar-refractivity contribution in [2.45, 2.75) is 19.8 Å². The number of para-hydroxylation sites is 1. The molecule has 0 atom stereocenters. The van der Waals surface area contributed by atoms with Gasteiger partial charge in [-0.1, -0.05) is 18.2 Å². The van der Waals surface area contributed by atoms with E-state index in [1.54, 1.807) is 7.11 Å². The second kappa shape index (κ2) is 9.27. The van der Waals surface area contributed by atoms with E-state index in [9.17, 15) is 9.59 Å². The van der Waals surface area contributed by atoms with Crippen LogP contribution in [0.2, 0.25) is 0 Å². The topological polar surface area (TPSA) is 61.9 Å². The first-order chi connectivity index (χ1) is 11.6. The molecule has 0 saturated carbocycles. The van der Waals surface area contributed by atoms with Gasteiger partial charge in [0.05, 0.1) is 7.11 Å². The van der Waals surface area contributed by atoms with Gasteiger partial charge in [0.1, 0.15) is 5.75 Å². The van der Waals surface area contributed by atoms with Gasteiger partial charge >= 0.3 is 0 Å². The molecule has 0 bridgehead atoms. The number of piperazine rings is 1. The Kier molecular flexibility index (Phi) is 7.06. The number of hydrogen-bond donors (Lipinski definition) is 1. The number of nitrogens with zero attached hydrogens (tertiary/aromatic N) is 2. The minimum atomic E-state index is -0.0936. The number of hydrogen-bond acceptors (Lipinski definition) is 4. The highest BCUT2D eigenvalue weighted by molar-refractivity contribution is 5.78. The Hall–Kier alpha value is -2.08. The number of rotatable bonds is 7. The van der Waals surface area contributed by atoms with Crippen LogP contribution in [0.3, 0.4) is 0 Å². The molecule has 2 rings (SSSR count). The lowest BCUT2D eigenvalue weighted by Gasteiger charge is -2.35. The molecule has 1 aliphatic rings. The number of carbonyl (C=O) groups is 2. The van der Waals surface area contributed by atoms with Gasteiger partial charge in [-0.25, -0.2) is 0 Å². The number of ether oxygens (including phenoxy) is 1. The van der Waals surface area contributed by atoms with Crippen molar-refractivity contribution in [3.05, 3.63) is 29.8 Å². The van der Waals surface area contributed by atoms with Crippen LogP contribution in [0.4, 0.5) is 0 Å². The summed E-state index contributed by atoms with van der Waals surface area (Å²) < 4.78 is 5.39. The molecule has 1 aromatic carbocycles. The van der Waals surface area contributed by atoms with Crippen LogP contribution in [0, 0.1) is 0 Å². The zero-order valence-electron chi connectivity index (χ0n) is 14.6. The number of nitrogens with one attached hydrogen (secondary N) is 1. The summed E-state index contributed by atoms with van der Waals surface area (Å²) in [7, 11) is 1.70. The van der Waals surface area contributed by atoms with E-state index >= 15 is 0 Å². The second-order valence-electron chi connectivity index (χ2n) is 6.02. The number of carbonyl (C=O) groups excluding carboxylic acids is 2. The Morgan fingerprint density at radius 2 is 1.88 bits per heavy atom. The summed E-state index contributed by atoms with van der Waals surface area (Å²) >= 11 is 0. The second-order valence-corrected chi connectivity index (χ2v) is 6.02. The van der Waals surface area contributed by atoms with E-state index in [1.165, 1.54) is 12.5 Å². The Bertz CT molecular complexity index is 554. The molecule has 1 heterocycles. The Morgan fingerprint density at radius 3 is 2.54 bits per heavy atom. The third kappa shape index (κ3) is 5.53. The third-order valence-electron chi connectivity index (χ3n) is 4.33. The molecular weight excluding hydrogens is 306 g/mol. The fraction of sp³-hybridized carbons (Fsp3) is 0.556. The highest BCUT2D eigenvalue weighted by Crippen LogP contribution is 2.18. The average molecular weight is 333 g/mol. The molecule has 1 N–H and O–H groups in total. The predicted octanol–water partition coefficient (Wildman–Crippen LogP) is 0.908. The van der Waals surface area contributed by atoms with Crippen molar-refractivity contribution >= 4 is 11.8 Å². The van der Waals surface area contributed by atoms with Gasteiger partial charge in [-0.15, -0.1) is 0 Å². The monoisotopic (exact) mass is 333 g/mol. The fourth-order valence-electron chi connectivity index (χ4n) is 2.91. The van der Waals surface area contributed by atoms with Crippen LogP contribution >= 0.6 is 0 Å². The molecular formula is C18H27N3O3. The van der Waals surface area contributed by atoms with Crippen LogP contribution < -0.4 is 10.1 Å². The summed E-state index contributed by atoms with van der Waals surface area (Å²) in [5.74, 6) is 0.960. The minimum Gasteiger partial charge on any atom is -0.496 e. The number of benzene rings is 1. The summed E-state index contributed by atoms with van der Waals surface area (Å²) in [6.45, 7) is 6.14. The highest BCUT2D eigenvalue weighted by atomic mass is 16.5. The van der Waals surface area contributed by atoms with Gasteiger partial charge in [0, 0.05) is 52.6 Å². The molecule has 0 unspecified atom stereocenters. The lowest BCUT2D eigenvalue weighted by Crippen LogP contribution is -2.49. The van der Waals surface area contributed by atoms with Gasteiger partial charge in [0.2, 0.25) is 11.8 Å². The maximum absolute atomic E-state index is 12.1. The van der Waals surface area contributed by atoms with Crippen molar-refractivity contribution in [1.29, 1.82) is 0 Å². The summed E-state index contributed by atoms with van der Waals surface area (Å²) in [6, 6.07) is 8.10. The molecule has 0 aliphatic carbocycles. The largest absolute Gasteiger partial charge is 0.496 e. The van der Waals surface area contributed by atoms with E-state index in [4.69, 9.17) is 4.74 Å². The summed E-state index contributed by atoms with van der Waals surface area (Å²) in [4.78, 5) is 27.2. The van der Waals surface area contributed by atoms with E-state index in [0.717, 1.165) is 44.9 Å². The van der Waals surface area contributed by atoms with Crippen molar-refractivity contribution in [3.63, 3.8) is 0 Å².